The highest BCUT2D eigenvalue weighted by molar-refractivity contribution is 6.01. The van der Waals surface area contributed by atoms with Gasteiger partial charge in [0, 0.05) is 17.5 Å². The Morgan fingerprint density at radius 3 is 2.56 bits per heavy atom. The molecular formula is C25H24N4O3. The summed E-state index contributed by atoms with van der Waals surface area (Å²) in [4.78, 5) is 17.3. The van der Waals surface area contributed by atoms with E-state index in [-0.39, 0.29) is 5.91 Å². The predicted molar refractivity (Wildman–Crippen MR) is 126 cm³/mol. The Hall–Kier alpha value is -4.13. The van der Waals surface area contributed by atoms with E-state index >= 15 is 0 Å². The fourth-order valence-electron chi connectivity index (χ4n) is 3.50. The van der Waals surface area contributed by atoms with E-state index in [1.165, 1.54) is 6.08 Å². The first kappa shape index (κ1) is 21.1. The molecule has 0 atom stereocenters. The molecule has 2 heterocycles. The molecule has 0 saturated carbocycles. The first-order valence-electron chi connectivity index (χ1n) is 10.1. The Morgan fingerprint density at radius 2 is 1.78 bits per heavy atom. The van der Waals surface area contributed by atoms with Crippen molar-refractivity contribution in [2.75, 3.05) is 19.5 Å². The Labute approximate surface area is 186 Å². The maximum Gasteiger partial charge on any atom is 0.249 e. The van der Waals surface area contributed by atoms with Crippen molar-refractivity contribution in [3.8, 4) is 17.3 Å². The van der Waals surface area contributed by atoms with E-state index in [4.69, 9.17) is 14.5 Å². The van der Waals surface area contributed by atoms with Crippen molar-refractivity contribution in [2.24, 2.45) is 0 Å². The summed E-state index contributed by atoms with van der Waals surface area (Å²) in [5.41, 5.74) is 3.55. The van der Waals surface area contributed by atoms with Gasteiger partial charge in [-0.15, -0.1) is 0 Å². The molecule has 0 aliphatic heterocycles. The quantitative estimate of drug-likeness (QED) is 0.450. The molecule has 0 saturated heterocycles. The highest BCUT2D eigenvalue weighted by Gasteiger charge is 2.12. The molecule has 2 aromatic carbocycles. The SMILES string of the molecule is COc1ccc(/C=C/C(=O)Nc2cc(C)nn2-c2cc(C)c3ccccc3n2)cc1OC. The average molecular weight is 428 g/mol. The molecule has 1 N–H and O–H groups in total. The van der Waals surface area contributed by atoms with Crippen LogP contribution in [0.25, 0.3) is 22.8 Å². The summed E-state index contributed by atoms with van der Waals surface area (Å²) >= 11 is 0. The van der Waals surface area contributed by atoms with E-state index in [1.54, 1.807) is 37.1 Å². The minimum absolute atomic E-state index is 0.279. The molecule has 0 spiro atoms. The van der Waals surface area contributed by atoms with E-state index in [0.717, 1.165) is 27.7 Å². The van der Waals surface area contributed by atoms with Gasteiger partial charge >= 0.3 is 0 Å². The summed E-state index contributed by atoms with van der Waals surface area (Å²) in [6, 6.07) is 17.2. The Bertz CT molecular complexity index is 1320. The predicted octanol–water partition coefficient (Wildman–Crippen LogP) is 4.71. The maximum atomic E-state index is 12.6. The summed E-state index contributed by atoms with van der Waals surface area (Å²) in [7, 11) is 3.15. The minimum Gasteiger partial charge on any atom is -0.493 e. The van der Waals surface area contributed by atoms with Crippen LogP contribution in [0.5, 0.6) is 11.5 Å². The van der Waals surface area contributed by atoms with Crippen LogP contribution in [0.15, 0.2) is 60.7 Å². The molecule has 7 nitrogen and oxygen atoms in total. The number of rotatable bonds is 6. The van der Waals surface area contributed by atoms with Gasteiger partial charge in [-0.2, -0.15) is 9.78 Å². The molecule has 162 valence electrons. The highest BCUT2D eigenvalue weighted by atomic mass is 16.5. The number of carbonyl (C=O) groups is 1. The topological polar surface area (TPSA) is 78.3 Å². The van der Waals surface area contributed by atoms with Gasteiger partial charge in [-0.05, 0) is 55.3 Å². The van der Waals surface area contributed by atoms with Gasteiger partial charge in [0.2, 0.25) is 5.91 Å². The van der Waals surface area contributed by atoms with Crippen LogP contribution in [0, 0.1) is 13.8 Å². The number of nitrogens with zero attached hydrogens (tertiary/aromatic N) is 3. The van der Waals surface area contributed by atoms with Crippen molar-refractivity contribution < 1.29 is 14.3 Å². The van der Waals surface area contributed by atoms with E-state index in [1.807, 2.05) is 56.3 Å². The summed E-state index contributed by atoms with van der Waals surface area (Å²) in [5, 5.41) is 8.51. The number of benzene rings is 2. The van der Waals surface area contributed by atoms with E-state index in [0.29, 0.717) is 23.1 Å². The molecule has 1 amide bonds. The molecule has 0 aliphatic carbocycles. The third-order valence-electron chi connectivity index (χ3n) is 5.04. The van der Waals surface area contributed by atoms with Gasteiger partial charge in [-0.25, -0.2) is 4.98 Å². The van der Waals surface area contributed by atoms with Gasteiger partial charge in [-0.1, -0.05) is 24.3 Å². The third-order valence-corrected chi connectivity index (χ3v) is 5.04. The van der Waals surface area contributed by atoms with Gasteiger partial charge in [0.15, 0.2) is 17.3 Å². The lowest BCUT2D eigenvalue weighted by Crippen LogP contribution is -2.13. The number of aryl methyl sites for hydroxylation is 2. The summed E-state index contributed by atoms with van der Waals surface area (Å²) in [5.74, 6) is 2.15. The van der Waals surface area contributed by atoms with Crippen molar-refractivity contribution >= 4 is 28.7 Å². The number of ether oxygens (including phenoxy) is 2. The third kappa shape index (κ3) is 4.32. The standard InChI is InChI=1S/C25H24N4O3/c1-16-13-23(26-20-8-6-5-7-19(16)20)29-24(14-17(2)28-29)27-25(30)12-10-18-9-11-21(31-3)22(15-18)32-4/h5-15H,1-4H3,(H,27,30)/b12-10+. The van der Waals surface area contributed by atoms with Crippen LogP contribution in [0.3, 0.4) is 0 Å². The molecule has 2 aromatic heterocycles. The Kier molecular flexibility index (Phi) is 5.89. The second kappa shape index (κ2) is 8.93. The summed E-state index contributed by atoms with van der Waals surface area (Å²) < 4.78 is 12.2. The Balaban J connectivity index is 1.59. The van der Waals surface area contributed by atoms with Crippen LogP contribution < -0.4 is 14.8 Å². The molecule has 4 rings (SSSR count). The molecule has 4 aromatic rings. The normalized spacial score (nSPS) is 11.1. The van der Waals surface area contributed by atoms with Crippen molar-refractivity contribution in [1.82, 2.24) is 14.8 Å². The first-order valence-corrected chi connectivity index (χ1v) is 10.1. The number of methoxy groups -OCH3 is 2. The molecule has 7 heteroatoms. The summed E-state index contributed by atoms with van der Waals surface area (Å²) in [6.07, 6.45) is 3.18. The van der Waals surface area contributed by atoms with Gasteiger partial charge < -0.3 is 14.8 Å². The van der Waals surface area contributed by atoms with Crippen LogP contribution in [0.2, 0.25) is 0 Å². The second-order valence-corrected chi connectivity index (χ2v) is 7.33. The lowest BCUT2D eigenvalue weighted by molar-refractivity contribution is -0.111. The molecule has 0 radical (unpaired) electrons. The van der Waals surface area contributed by atoms with Crippen molar-refractivity contribution in [1.29, 1.82) is 0 Å². The van der Waals surface area contributed by atoms with Crippen LogP contribution in [-0.2, 0) is 4.79 Å². The second-order valence-electron chi connectivity index (χ2n) is 7.33. The lowest BCUT2D eigenvalue weighted by atomic mass is 10.1. The van der Waals surface area contributed by atoms with Gasteiger partial charge in [0.05, 0.1) is 25.4 Å². The van der Waals surface area contributed by atoms with Crippen molar-refractivity contribution in [2.45, 2.75) is 13.8 Å². The molecular weight excluding hydrogens is 404 g/mol. The number of pyridine rings is 1. The smallest absolute Gasteiger partial charge is 0.249 e. The van der Waals surface area contributed by atoms with Crippen LogP contribution in [-0.4, -0.2) is 34.9 Å². The van der Waals surface area contributed by atoms with Gasteiger partial charge in [0.25, 0.3) is 0 Å². The van der Waals surface area contributed by atoms with Crippen molar-refractivity contribution in [3.63, 3.8) is 0 Å². The lowest BCUT2D eigenvalue weighted by Gasteiger charge is -2.10. The Morgan fingerprint density at radius 1 is 1.00 bits per heavy atom. The number of aromatic nitrogens is 3. The number of hydrogen-bond acceptors (Lipinski definition) is 5. The number of nitrogens with one attached hydrogen (secondary N) is 1. The summed E-state index contributed by atoms with van der Waals surface area (Å²) in [6.45, 7) is 3.91. The molecule has 0 aliphatic rings. The van der Waals surface area contributed by atoms with Crippen LogP contribution in [0.1, 0.15) is 16.8 Å². The number of hydrogen-bond donors (Lipinski definition) is 1. The number of amides is 1. The number of fused-ring (bicyclic) bond motifs is 1. The highest BCUT2D eigenvalue weighted by Crippen LogP contribution is 2.28. The monoisotopic (exact) mass is 428 g/mol. The largest absolute Gasteiger partial charge is 0.493 e. The first-order chi connectivity index (χ1) is 15.5. The molecule has 0 bridgehead atoms. The van der Waals surface area contributed by atoms with Crippen LogP contribution >= 0.6 is 0 Å². The fourth-order valence-corrected chi connectivity index (χ4v) is 3.50. The zero-order valence-corrected chi connectivity index (χ0v) is 18.4. The number of anilines is 1. The molecule has 32 heavy (non-hydrogen) atoms. The van der Waals surface area contributed by atoms with E-state index in [2.05, 4.69) is 10.4 Å². The van der Waals surface area contributed by atoms with Crippen molar-refractivity contribution in [3.05, 3.63) is 77.5 Å². The van der Waals surface area contributed by atoms with E-state index in [9.17, 15) is 4.79 Å². The number of carbonyl (C=O) groups excluding carboxylic acids is 1. The average Bonchev–Trinajstić information content (AvgIpc) is 3.17. The minimum atomic E-state index is -0.279. The molecule has 0 fully saturated rings. The fraction of sp³-hybridized carbons (Fsp3) is 0.160. The zero-order valence-electron chi connectivity index (χ0n) is 18.4. The van der Waals surface area contributed by atoms with Crippen LogP contribution in [0.4, 0.5) is 5.82 Å². The van der Waals surface area contributed by atoms with Gasteiger partial charge in [0.1, 0.15) is 5.82 Å². The maximum absolute atomic E-state index is 12.6. The van der Waals surface area contributed by atoms with E-state index < -0.39 is 0 Å². The number of para-hydroxylation sites is 1. The van der Waals surface area contributed by atoms with Gasteiger partial charge in [-0.3, -0.25) is 4.79 Å². The zero-order chi connectivity index (χ0) is 22.7. The molecule has 0 unspecified atom stereocenters.